The molecule has 2 aromatic rings. The van der Waals surface area contributed by atoms with Crippen LogP contribution in [0.2, 0.25) is 0 Å². The van der Waals surface area contributed by atoms with Gasteiger partial charge in [-0.15, -0.1) is 0 Å². The third kappa shape index (κ3) is 5.42. The zero-order chi connectivity index (χ0) is 28.2. The maximum Gasteiger partial charge on any atom is 0.303 e. The first-order valence-electron chi connectivity index (χ1n) is 11.9. The second-order valence-corrected chi connectivity index (χ2v) is 12.3. The number of carbonyl (C=O) groups is 2. The van der Waals surface area contributed by atoms with Crippen LogP contribution in [0.3, 0.4) is 0 Å². The monoisotopic (exact) mass is 556 g/mol. The van der Waals surface area contributed by atoms with Gasteiger partial charge in [-0.2, -0.15) is 0 Å². The SMILES string of the molecule is CC(=O)OC(C)(C)C(=O)N1C2CC(F)(C2)C(NS(C)(=O)=O)C1Cc1cccc(-c2cc(F)cc(F)c2)c1F. The largest absolute Gasteiger partial charge is 0.450 e. The van der Waals surface area contributed by atoms with E-state index < -0.39 is 68.7 Å². The molecule has 2 atom stereocenters. The normalized spacial score (nSPS) is 25.1. The number of piperidine rings is 2. The number of alkyl halides is 1. The highest BCUT2D eigenvalue weighted by atomic mass is 32.2. The van der Waals surface area contributed by atoms with Crippen molar-refractivity contribution in [1.29, 1.82) is 0 Å². The van der Waals surface area contributed by atoms with Gasteiger partial charge in [0.1, 0.15) is 23.1 Å². The lowest BCUT2D eigenvalue weighted by molar-refractivity contribution is -0.189. The lowest BCUT2D eigenvalue weighted by Gasteiger charge is -2.61. The maximum atomic E-state index is 15.8. The number of esters is 1. The Morgan fingerprint density at radius 1 is 1.13 bits per heavy atom. The standard InChI is InChI=1S/C26H28F4N2O5S/c1-14(33)37-25(2,3)24(34)32-19-12-26(30,13-19)23(31-38(4,35)36)21(32)10-15-6-5-7-20(22(15)29)16-8-17(27)11-18(28)9-16/h5-9,11,19,21,23,31H,10,12-13H2,1-4H3. The van der Waals surface area contributed by atoms with Gasteiger partial charge < -0.3 is 9.64 Å². The summed E-state index contributed by atoms with van der Waals surface area (Å²) in [7, 11) is -3.96. The molecule has 0 radical (unpaired) electrons. The van der Waals surface area contributed by atoms with E-state index in [9.17, 15) is 26.8 Å². The number of fused-ring (bicyclic) bond motifs is 2. The molecular formula is C26H28F4N2O5S. The number of halogens is 4. The highest BCUT2D eigenvalue weighted by Crippen LogP contribution is 2.51. The van der Waals surface area contributed by atoms with Gasteiger partial charge in [-0.05, 0) is 43.5 Å². The van der Waals surface area contributed by atoms with Gasteiger partial charge in [-0.3, -0.25) is 9.59 Å². The summed E-state index contributed by atoms with van der Waals surface area (Å²) in [6.45, 7) is 3.85. The van der Waals surface area contributed by atoms with Crippen molar-refractivity contribution < 1.29 is 40.3 Å². The Labute approximate surface area is 218 Å². The molecule has 1 saturated carbocycles. The average molecular weight is 557 g/mol. The fourth-order valence-electron chi connectivity index (χ4n) is 5.51. The highest BCUT2D eigenvalue weighted by Gasteiger charge is 2.64. The molecule has 1 aliphatic carbocycles. The Morgan fingerprint density at radius 2 is 1.74 bits per heavy atom. The molecule has 12 heteroatoms. The van der Waals surface area contributed by atoms with Gasteiger partial charge in [-0.25, -0.2) is 30.7 Å². The Morgan fingerprint density at radius 3 is 2.29 bits per heavy atom. The van der Waals surface area contributed by atoms with Crippen LogP contribution in [0.15, 0.2) is 36.4 Å². The maximum absolute atomic E-state index is 15.8. The van der Waals surface area contributed by atoms with Crippen LogP contribution >= 0.6 is 0 Å². The van der Waals surface area contributed by atoms with Crippen LogP contribution in [0, 0.1) is 17.5 Å². The van der Waals surface area contributed by atoms with E-state index in [2.05, 4.69) is 4.72 Å². The molecule has 3 fully saturated rings. The van der Waals surface area contributed by atoms with Gasteiger partial charge >= 0.3 is 5.97 Å². The number of hydrogen-bond acceptors (Lipinski definition) is 5. The van der Waals surface area contributed by atoms with E-state index in [0.717, 1.165) is 25.3 Å². The molecule has 38 heavy (non-hydrogen) atoms. The van der Waals surface area contributed by atoms with Gasteiger partial charge in [0, 0.05) is 37.4 Å². The number of sulfonamides is 1. The Balaban J connectivity index is 1.79. The number of amides is 1. The summed E-state index contributed by atoms with van der Waals surface area (Å²) >= 11 is 0. The van der Waals surface area contributed by atoms with Gasteiger partial charge in [0.25, 0.3) is 5.91 Å². The predicted molar refractivity (Wildman–Crippen MR) is 131 cm³/mol. The molecular weight excluding hydrogens is 528 g/mol. The Kier molecular flexibility index (Phi) is 7.11. The summed E-state index contributed by atoms with van der Waals surface area (Å²) in [5.41, 5.74) is -3.86. The van der Waals surface area contributed by atoms with Crippen molar-refractivity contribution in [2.45, 2.75) is 69.4 Å². The lowest BCUT2D eigenvalue weighted by atomic mass is 9.64. The molecule has 2 aromatic carbocycles. The van der Waals surface area contributed by atoms with Crippen molar-refractivity contribution >= 4 is 21.9 Å². The Hall–Kier alpha value is -2.99. The minimum Gasteiger partial charge on any atom is -0.450 e. The van der Waals surface area contributed by atoms with Crippen LogP contribution < -0.4 is 4.72 Å². The molecule has 206 valence electrons. The number of nitrogens with zero attached hydrogens (tertiary/aromatic N) is 1. The summed E-state index contributed by atoms with van der Waals surface area (Å²) in [4.78, 5) is 26.5. The average Bonchev–Trinajstić information content (AvgIpc) is 2.73. The van der Waals surface area contributed by atoms with Gasteiger partial charge in [0.2, 0.25) is 10.0 Å². The van der Waals surface area contributed by atoms with Gasteiger partial charge in [0.15, 0.2) is 5.60 Å². The van der Waals surface area contributed by atoms with Crippen LogP contribution in [0.1, 0.15) is 39.2 Å². The number of carbonyl (C=O) groups excluding carboxylic acids is 2. The molecule has 3 aliphatic rings. The number of hydrogen-bond donors (Lipinski definition) is 1. The van der Waals surface area contributed by atoms with E-state index >= 15 is 8.78 Å². The molecule has 1 amide bonds. The number of nitrogens with one attached hydrogen (secondary N) is 1. The topological polar surface area (TPSA) is 92.8 Å². The fraction of sp³-hybridized carbons (Fsp3) is 0.462. The second kappa shape index (κ2) is 9.64. The molecule has 2 aliphatic heterocycles. The van der Waals surface area contributed by atoms with E-state index in [1.165, 1.54) is 36.9 Å². The quantitative estimate of drug-likeness (QED) is 0.415. The molecule has 7 nitrogen and oxygen atoms in total. The minimum absolute atomic E-state index is 0.0227. The third-order valence-corrected chi connectivity index (χ3v) is 7.70. The van der Waals surface area contributed by atoms with Crippen LogP contribution in [0.4, 0.5) is 17.6 Å². The Bertz CT molecular complexity index is 1370. The lowest BCUT2D eigenvalue weighted by Crippen LogP contribution is -2.78. The summed E-state index contributed by atoms with van der Waals surface area (Å²) in [6.07, 6.45) is 0.231. The van der Waals surface area contributed by atoms with E-state index in [1.807, 2.05) is 0 Å². The second-order valence-electron chi connectivity index (χ2n) is 10.5. The molecule has 1 N–H and O–H groups in total. The van der Waals surface area contributed by atoms with Crippen molar-refractivity contribution in [3.8, 4) is 11.1 Å². The molecule has 2 bridgehead atoms. The molecule has 2 saturated heterocycles. The van der Waals surface area contributed by atoms with Crippen molar-refractivity contribution in [1.82, 2.24) is 9.62 Å². The van der Waals surface area contributed by atoms with Crippen LogP contribution in [0.5, 0.6) is 0 Å². The summed E-state index contributed by atoms with van der Waals surface area (Å²) < 4.78 is 91.1. The first kappa shape index (κ1) is 28.0. The first-order valence-corrected chi connectivity index (χ1v) is 13.8. The summed E-state index contributed by atoms with van der Waals surface area (Å²) in [6, 6.07) is 3.46. The fourth-order valence-corrected chi connectivity index (χ4v) is 6.34. The number of rotatable bonds is 7. The van der Waals surface area contributed by atoms with E-state index in [4.69, 9.17) is 4.74 Å². The van der Waals surface area contributed by atoms with Gasteiger partial charge in [0.05, 0.1) is 18.3 Å². The van der Waals surface area contributed by atoms with E-state index in [1.54, 1.807) is 0 Å². The molecule has 5 rings (SSSR count). The third-order valence-electron chi connectivity index (χ3n) is 7.01. The smallest absolute Gasteiger partial charge is 0.303 e. The predicted octanol–water partition coefficient (Wildman–Crippen LogP) is 3.65. The minimum atomic E-state index is -3.96. The first-order chi connectivity index (χ1) is 17.5. The van der Waals surface area contributed by atoms with Crippen molar-refractivity contribution in [3.05, 3.63) is 59.4 Å². The zero-order valence-electron chi connectivity index (χ0n) is 21.2. The van der Waals surface area contributed by atoms with E-state index in [0.29, 0.717) is 6.07 Å². The molecule has 0 spiro atoms. The summed E-state index contributed by atoms with van der Waals surface area (Å²) in [5, 5.41) is 0. The van der Waals surface area contributed by atoms with Crippen molar-refractivity contribution in [2.24, 2.45) is 0 Å². The highest BCUT2D eigenvalue weighted by molar-refractivity contribution is 7.88. The molecule has 2 heterocycles. The number of ether oxygens (including phenoxy) is 1. The van der Waals surface area contributed by atoms with Crippen LogP contribution in [0.25, 0.3) is 11.1 Å². The molecule has 0 aromatic heterocycles. The molecule has 2 unspecified atom stereocenters. The van der Waals surface area contributed by atoms with Crippen molar-refractivity contribution in [3.63, 3.8) is 0 Å². The van der Waals surface area contributed by atoms with Crippen LogP contribution in [-0.2, 0) is 30.8 Å². The van der Waals surface area contributed by atoms with Crippen molar-refractivity contribution in [2.75, 3.05) is 6.26 Å². The summed E-state index contributed by atoms with van der Waals surface area (Å²) in [5.74, 6) is -4.07. The van der Waals surface area contributed by atoms with Crippen LogP contribution in [-0.4, -0.2) is 60.8 Å². The van der Waals surface area contributed by atoms with E-state index in [-0.39, 0.29) is 36.0 Å². The zero-order valence-corrected chi connectivity index (χ0v) is 22.0. The van der Waals surface area contributed by atoms with Gasteiger partial charge in [-0.1, -0.05) is 18.2 Å². The number of benzene rings is 2.